The van der Waals surface area contributed by atoms with E-state index >= 15 is 0 Å². The molecule has 0 unspecified atom stereocenters. The average molecular weight is 357 g/mol. The Morgan fingerprint density at radius 3 is 2.19 bits per heavy atom. The summed E-state index contributed by atoms with van der Waals surface area (Å²) in [6.07, 6.45) is 12.9. The molecule has 1 heterocycles. The van der Waals surface area contributed by atoms with Gasteiger partial charge in [0, 0.05) is 18.2 Å². The van der Waals surface area contributed by atoms with Crippen LogP contribution in [0.5, 0.6) is 5.75 Å². The molecule has 2 rings (SSSR count). The quantitative estimate of drug-likeness (QED) is 0.536. The lowest BCUT2D eigenvalue weighted by molar-refractivity contribution is 0.304. The molecule has 0 bridgehead atoms. The van der Waals surface area contributed by atoms with E-state index in [9.17, 15) is 0 Å². The van der Waals surface area contributed by atoms with Crippen molar-refractivity contribution in [3.05, 3.63) is 41.6 Å². The second kappa shape index (κ2) is 11.3. The third-order valence-corrected chi connectivity index (χ3v) is 4.50. The summed E-state index contributed by atoms with van der Waals surface area (Å²) in [5, 5.41) is 0. The van der Waals surface area contributed by atoms with Gasteiger partial charge in [-0.15, -0.1) is 0 Å². The molecule has 0 fully saturated rings. The molecular weight excluding hydrogens is 324 g/mol. The average Bonchev–Trinajstić information content (AvgIpc) is 2.64. The summed E-state index contributed by atoms with van der Waals surface area (Å²) in [4.78, 5) is 7.99. The number of anilines is 2. The molecule has 142 valence electrons. The van der Waals surface area contributed by atoms with Crippen LogP contribution in [-0.2, 0) is 6.42 Å². The lowest BCUT2D eigenvalue weighted by Crippen LogP contribution is -2.04. The zero-order chi connectivity index (χ0) is 18.6. The fourth-order valence-electron chi connectivity index (χ4n) is 2.92. The molecular formula is C21H32N4O. The predicted molar refractivity (Wildman–Crippen MR) is 108 cm³/mol. The van der Waals surface area contributed by atoms with E-state index in [-0.39, 0.29) is 5.95 Å². The SMILES string of the molecule is CCCCCCCCCCOc1ccc(Cc2cnc(N)nc2N)cc1. The summed E-state index contributed by atoms with van der Waals surface area (Å²) in [7, 11) is 0. The number of nitrogen functional groups attached to an aromatic ring is 2. The molecule has 0 saturated carbocycles. The van der Waals surface area contributed by atoms with Crippen molar-refractivity contribution in [1.82, 2.24) is 9.97 Å². The van der Waals surface area contributed by atoms with E-state index in [1.807, 2.05) is 12.1 Å². The number of hydrogen-bond acceptors (Lipinski definition) is 5. The van der Waals surface area contributed by atoms with E-state index in [2.05, 4.69) is 29.0 Å². The monoisotopic (exact) mass is 356 g/mol. The van der Waals surface area contributed by atoms with Gasteiger partial charge in [-0.1, -0.05) is 64.0 Å². The number of aromatic nitrogens is 2. The van der Waals surface area contributed by atoms with Crippen LogP contribution in [0.15, 0.2) is 30.5 Å². The van der Waals surface area contributed by atoms with Crippen molar-refractivity contribution in [2.24, 2.45) is 0 Å². The van der Waals surface area contributed by atoms with Gasteiger partial charge in [0.05, 0.1) is 6.61 Å². The molecule has 4 N–H and O–H groups in total. The summed E-state index contributed by atoms with van der Waals surface area (Å²) in [6, 6.07) is 8.13. The van der Waals surface area contributed by atoms with E-state index in [0.29, 0.717) is 12.2 Å². The molecule has 5 heteroatoms. The lowest BCUT2D eigenvalue weighted by atomic mass is 10.1. The van der Waals surface area contributed by atoms with Gasteiger partial charge in [0.2, 0.25) is 5.95 Å². The summed E-state index contributed by atoms with van der Waals surface area (Å²) in [6.45, 7) is 3.04. The number of ether oxygens (including phenoxy) is 1. The van der Waals surface area contributed by atoms with Crippen LogP contribution in [-0.4, -0.2) is 16.6 Å². The molecule has 0 spiro atoms. The summed E-state index contributed by atoms with van der Waals surface area (Å²) in [5.74, 6) is 1.56. The van der Waals surface area contributed by atoms with E-state index in [0.717, 1.165) is 29.9 Å². The van der Waals surface area contributed by atoms with Gasteiger partial charge < -0.3 is 16.2 Å². The fraction of sp³-hybridized carbons (Fsp3) is 0.524. The Morgan fingerprint density at radius 1 is 0.885 bits per heavy atom. The van der Waals surface area contributed by atoms with E-state index in [1.165, 1.54) is 44.9 Å². The topological polar surface area (TPSA) is 87.0 Å². The molecule has 0 saturated heterocycles. The zero-order valence-electron chi connectivity index (χ0n) is 15.9. The third-order valence-electron chi connectivity index (χ3n) is 4.50. The smallest absolute Gasteiger partial charge is 0.221 e. The van der Waals surface area contributed by atoms with Crippen LogP contribution >= 0.6 is 0 Å². The third kappa shape index (κ3) is 7.30. The Labute approximate surface area is 157 Å². The van der Waals surface area contributed by atoms with Crippen LogP contribution in [0.3, 0.4) is 0 Å². The number of rotatable bonds is 12. The first-order chi connectivity index (χ1) is 12.7. The molecule has 0 atom stereocenters. The molecule has 5 nitrogen and oxygen atoms in total. The summed E-state index contributed by atoms with van der Waals surface area (Å²) < 4.78 is 5.83. The molecule has 0 aliphatic heterocycles. The van der Waals surface area contributed by atoms with Gasteiger partial charge in [0.15, 0.2) is 0 Å². The zero-order valence-corrected chi connectivity index (χ0v) is 15.9. The molecule has 0 amide bonds. The predicted octanol–water partition coefficient (Wildman–Crippen LogP) is 4.75. The van der Waals surface area contributed by atoms with Gasteiger partial charge >= 0.3 is 0 Å². The van der Waals surface area contributed by atoms with Crippen LogP contribution < -0.4 is 16.2 Å². The Morgan fingerprint density at radius 2 is 1.54 bits per heavy atom. The van der Waals surface area contributed by atoms with Gasteiger partial charge in [-0.05, 0) is 24.1 Å². The van der Waals surface area contributed by atoms with Crippen molar-refractivity contribution in [3.8, 4) is 5.75 Å². The molecule has 0 aliphatic rings. The maximum atomic E-state index is 5.88. The first kappa shape index (κ1) is 20.0. The van der Waals surface area contributed by atoms with Crippen LogP contribution in [0, 0.1) is 0 Å². The number of nitrogens with two attached hydrogens (primary N) is 2. The largest absolute Gasteiger partial charge is 0.494 e. The van der Waals surface area contributed by atoms with Crippen molar-refractivity contribution in [2.45, 2.75) is 64.7 Å². The molecule has 0 aliphatic carbocycles. The van der Waals surface area contributed by atoms with Gasteiger partial charge in [-0.3, -0.25) is 0 Å². The van der Waals surface area contributed by atoms with Crippen LogP contribution in [0.4, 0.5) is 11.8 Å². The number of hydrogen-bond donors (Lipinski definition) is 2. The minimum absolute atomic E-state index is 0.205. The Bertz CT molecular complexity index is 643. The van der Waals surface area contributed by atoms with Crippen molar-refractivity contribution in [3.63, 3.8) is 0 Å². The maximum absolute atomic E-state index is 5.88. The fourth-order valence-corrected chi connectivity index (χ4v) is 2.92. The lowest BCUT2D eigenvalue weighted by Gasteiger charge is -2.08. The van der Waals surface area contributed by atoms with E-state index in [4.69, 9.17) is 16.2 Å². The second-order valence-corrected chi connectivity index (χ2v) is 6.78. The highest BCUT2D eigenvalue weighted by molar-refractivity contribution is 5.44. The van der Waals surface area contributed by atoms with Crippen LogP contribution in [0.25, 0.3) is 0 Å². The highest BCUT2D eigenvalue weighted by Crippen LogP contribution is 2.18. The minimum Gasteiger partial charge on any atom is -0.494 e. The Hall–Kier alpha value is -2.30. The van der Waals surface area contributed by atoms with E-state index < -0.39 is 0 Å². The molecule has 1 aromatic heterocycles. The molecule has 26 heavy (non-hydrogen) atoms. The summed E-state index contributed by atoms with van der Waals surface area (Å²) in [5.41, 5.74) is 13.4. The highest BCUT2D eigenvalue weighted by atomic mass is 16.5. The normalized spacial score (nSPS) is 10.8. The van der Waals surface area contributed by atoms with Crippen LogP contribution in [0.1, 0.15) is 69.4 Å². The van der Waals surface area contributed by atoms with Crippen molar-refractivity contribution >= 4 is 11.8 Å². The summed E-state index contributed by atoms with van der Waals surface area (Å²) >= 11 is 0. The number of nitrogens with zero attached hydrogens (tertiary/aromatic N) is 2. The molecule has 2 aromatic rings. The van der Waals surface area contributed by atoms with Gasteiger partial charge in [-0.2, -0.15) is 4.98 Å². The minimum atomic E-state index is 0.205. The Balaban J connectivity index is 1.64. The van der Waals surface area contributed by atoms with Gasteiger partial charge in [-0.25, -0.2) is 4.98 Å². The first-order valence-electron chi connectivity index (χ1n) is 9.77. The number of benzene rings is 1. The molecule has 0 radical (unpaired) electrons. The van der Waals surface area contributed by atoms with E-state index in [1.54, 1.807) is 6.20 Å². The van der Waals surface area contributed by atoms with Gasteiger partial charge in [0.25, 0.3) is 0 Å². The number of unbranched alkanes of at least 4 members (excludes halogenated alkanes) is 7. The molecule has 1 aromatic carbocycles. The van der Waals surface area contributed by atoms with Crippen molar-refractivity contribution < 1.29 is 4.74 Å². The van der Waals surface area contributed by atoms with Crippen LogP contribution in [0.2, 0.25) is 0 Å². The van der Waals surface area contributed by atoms with Gasteiger partial charge in [0.1, 0.15) is 11.6 Å². The Kier molecular flexibility index (Phi) is 8.73. The standard InChI is InChI=1S/C21H32N4O/c1-2-3-4-5-6-7-8-9-14-26-19-12-10-17(11-13-19)15-18-16-24-21(23)25-20(18)22/h10-13,16H,2-9,14-15H2,1H3,(H4,22,23,24,25). The van der Waals surface area contributed by atoms with Crippen molar-refractivity contribution in [2.75, 3.05) is 18.1 Å². The van der Waals surface area contributed by atoms with Crippen molar-refractivity contribution in [1.29, 1.82) is 0 Å². The first-order valence-corrected chi connectivity index (χ1v) is 9.77. The highest BCUT2D eigenvalue weighted by Gasteiger charge is 2.04. The second-order valence-electron chi connectivity index (χ2n) is 6.78. The maximum Gasteiger partial charge on any atom is 0.221 e.